The smallest absolute Gasteiger partial charge is 0.331 e. The number of ether oxygens (including phenoxy) is 1. The van der Waals surface area contributed by atoms with Crippen LogP contribution in [0.5, 0.6) is 5.88 Å². The highest BCUT2D eigenvalue weighted by Gasteiger charge is 2.42. The molecule has 0 bridgehead atoms. The lowest BCUT2D eigenvalue weighted by molar-refractivity contribution is -0.127. The SMILES string of the molecule is CS(=O)(=O)c1cccc(N2CC(=O)N([C@H]3CC[C@H](Oc4ncccc4C(N)=O)CC3)C2=O)c1. The summed E-state index contributed by atoms with van der Waals surface area (Å²) < 4.78 is 29.6. The van der Waals surface area contributed by atoms with Crippen molar-refractivity contribution >= 4 is 33.4 Å². The number of primary amides is 1. The molecule has 2 N–H and O–H groups in total. The molecule has 0 atom stereocenters. The molecule has 11 heteroatoms. The van der Waals surface area contributed by atoms with Gasteiger partial charge in [-0.15, -0.1) is 0 Å². The minimum Gasteiger partial charge on any atom is -0.474 e. The second kappa shape index (κ2) is 8.81. The van der Waals surface area contributed by atoms with Crippen molar-refractivity contribution in [1.82, 2.24) is 9.88 Å². The Labute approximate surface area is 191 Å². The molecule has 2 fully saturated rings. The summed E-state index contributed by atoms with van der Waals surface area (Å²) in [4.78, 5) is 44.1. The first-order valence-corrected chi connectivity index (χ1v) is 12.4. The Morgan fingerprint density at radius 3 is 2.52 bits per heavy atom. The van der Waals surface area contributed by atoms with E-state index in [-0.39, 0.29) is 40.9 Å². The molecule has 0 radical (unpaired) electrons. The van der Waals surface area contributed by atoms with E-state index in [2.05, 4.69) is 4.98 Å². The molecule has 1 aliphatic carbocycles. The van der Waals surface area contributed by atoms with E-state index < -0.39 is 21.8 Å². The number of urea groups is 1. The van der Waals surface area contributed by atoms with Crippen molar-refractivity contribution in [3.8, 4) is 5.88 Å². The van der Waals surface area contributed by atoms with Crippen molar-refractivity contribution in [2.24, 2.45) is 5.73 Å². The number of sulfone groups is 1. The Hall–Kier alpha value is -3.47. The van der Waals surface area contributed by atoms with Crippen LogP contribution in [0.1, 0.15) is 36.0 Å². The number of amides is 4. The van der Waals surface area contributed by atoms with Crippen LogP contribution in [0.2, 0.25) is 0 Å². The minimum atomic E-state index is -3.44. The quantitative estimate of drug-likeness (QED) is 0.632. The van der Waals surface area contributed by atoms with Crippen molar-refractivity contribution in [1.29, 1.82) is 0 Å². The van der Waals surface area contributed by atoms with E-state index in [0.717, 1.165) is 6.26 Å². The van der Waals surface area contributed by atoms with Gasteiger partial charge in [0.15, 0.2) is 9.84 Å². The molecule has 2 heterocycles. The van der Waals surface area contributed by atoms with Gasteiger partial charge in [0.05, 0.1) is 4.90 Å². The standard InChI is InChI=1S/C22H24N4O6S/c1-33(30,31)17-5-2-4-15(12-17)25-13-19(27)26(22(25)29)14-7-9-16(10-8-14)32-21-18(20(23)28)6-3-11-24-21/h2-6,11-12,14,16H,7-10,13H2,1H3,(H2,23,28)/t14-,16-. The highest BCUT2D eigenvalue weighted by molar-refractivity contribution is 7.90. The molecule has 2 aliphatic rings. The maximum Gasteiger partial charge on any atom is 0.331 e. The number of aromatic nitrogens is 1. The molecule has 1 aromatic carbocycles. The van der Waals surface area contributed by atoms with Crippen LogP contribution >= 0.6 is 0 Å². The monoisotopic (exact) mass is 472 g/mol. The van der Waals surface area contributed by atoms with Crippen LogP contribution < -0.4 is 15.4 Å². The average molecular weight is 473 g/mol. The Morgan fingerprint density at radius 2 is 1.85 bits per heavy atom. The molecule has 0 spiro atoms. The molecular formula is C22H24N4O6S. The number of hydrogen-bond donors (Lipinski definition) is 1. The second-order valence-electron chi connectivity index (χ2n) is 8.17. The lowest BCUT2D eigenvalue weighted by Crippen LogP contribution is -2.44. The van der Waals surface area contributed by atoms with Crippen molar-refractivity contribution in [3.63, 3.8) is 0 Å². The van der Waals surface area contributed by atoms with Gasteiger partial charge in [-0.05, 0) is 56.0 Å². The number of benzene rings is 1. The third-order valence-corrected chi connectivity index (χ3v) is 6.99. The normalized spacial score (nSPS) is 21.4. The highest BCUT2D eigenvalue weighted by Crippen LogP contribution is 2.31. The van der Waals surface area contributed by atoms with Crippen molar-refractivity contribution in [3.05, 3.63) is 48.2 Å². The molecule has 1 saturated heterocycles. The number of rotatable bonds is 6. The fourth-order valence-electron chi connectivity index (χ4n) is 4.21. The topological polar surface area (TPSA) is 140 Å². The van der Waals surface area contributed by atoms with Crippen LogP contribution in [0.4, 0.5) is 10.5 Å². The van der Waals surface area contributed by atoms with Gasteiger partial charge in [0.1, 0.15) is 18.2 Å². The summed E-state index contributed by atoms with van der Waals surface area (Å²) >= 11 is 0. The van der Waals surface area contributed by atoms with E-state index in [1.54, 1.807) is 24.3 Å². The van der Waals surface area contributed by atoms with E-state index in [0.29, 0.717) is 31.4 Å². The Balaban J connectivity index is 1.43. The summed E-state index contributed by atoms with van der Waals surface area (Å²) in [6, 6.07) is 8.41. The maximum atomic E-state index is 13.1. The summed E-state index contributed by atoms with van der Waals surface area (Å²) in [6.45, 7) is -0.140. The predicted molar refractivity (Wildman–Crippen MR) is 119 cm³/mol. The number of nitrogens with zero attached hydrogens (tertiary/aromatic N) is 3. The predicted octanol–water partition coefficient (Wildman–Crippen LogP) is 1.74. The molecule has 1 aromatic heterocycles. The number of anilines is 1. The van der Waals surface area contributed by atoms with Gasteiger partial charge in [0, 0.05) is 24.2 Å². The van der Waals surface area contributed by atoms with Crippen LogP contribution in [0.25, 0.3) is 0 Å². The summed E-state index contributed by atoms with van der Waals surface area (Å²) in [6.07, 6.45) is 4.61. The number of imide groups is 1. The summed E-state index contributed by atoms with van der Waals surface area (Å²) in [5, 5.41) is 0. The van der Waals surface area contributed by atoms with Gasteiger partial charge in [0.2, 0.25) is 5.88 Å². The average Bonchev–Trinajstić information content (AvgIpc) is 3.08. The fraction of sp³-hybridized carbons (Fsp3) is 0.364. The van der Waals surface area contributed by atoms with Crippen LogP contribution in [0.3, 0.4) is 0 Å². The molecule has 2 aromatic rings. The van der Waals surface area contributed by atoms with E-state index in [1.165, 1.54) is 28.1 Å². The lowest BCUT2D eigenvalue weighted by Gasteiger charge is -2.33. The molecule has 4 amide bonds. The van der Waals surface area contributed by atoms with Crippen LogP contribution in [0.15, 0.2) is 47.5 Å². The van der Waals surface area contributed by atoms with E-state index in [9.17, 15) is 22.8 Å². The molecule has 4 rings (SSSR count). The zero-order valence-corrected chi connectivity index (χ0v) is 18.8. The zero-order valence-electron chi connectivity index (χ0n) is 18.0. The van der Waals surface area contributed by atoms with Crippen LogP contribution in [0, 0.1) is 0 Å². The minimum absolute atomic E-state index is 0.0845. The second-order valence-corrected chi connectivity index (χ2v) is 10.2. The van der Waals surface area contributed by atoms with Gasteiger partial charge in [-0.25, -0.2) is 18.2 Å². The molecule has 33 heavy (non-hydrogen) atoms. The third-order valence-electron chi connectivity index (χ3n) is 5.88. The lowest BCUT2D eigenvalue weighted by atomic mass is 9.92. The molecule has 174 valence electrons. The van der Waals surface area contributed by atoms with Gasteiger partial charge >= 0.3 is 6.03 Å². The van der Waals surface area contributed by atoms with Crippen LogP contribution in [-0.4, -0.2) is 61.1 Å². The van der Waals surface area contributed by atoms with E-state index in [1.807, 2.05) is 0 Å². The molecule has 1 saturated carbocycles. The van der Waals surface area contributed by atoms with E-state index >= 15 is 0 Å². The van der Waals surface area contributed by atoms with Gasteiger partial charge in [-0.2, -0.15) is 0 Å². The van der Waals surface area contributed by atoms with Crippen LogP contribution in [-0.2, 0) is 14.6 Å². The summed E-state index contributed by atoms with van der Waals surface area (Å²) in [5.74, 6) is -0.770. The maximum absolute atomic E-state index is 13.1. The van der Waals surface area contributed by atoms with Gasteiger partial charge in [-0.3, -0.25) is 19.4 Å². The van der Waals surface area contributed by atoms with E-state index in [4.69, 9.17) is 10.5 Å². The van der Waals surface area contributed by atoms with Crippen molar-refractivity contribution in [2.75, 3.05) is 17.7 Å². The number of carbonyl (C=O) groups is 3. The first-order valence-electron chi connectivity index (χ1n) is 10.5. The van der Waals surface area contributed by atoms with Crippen molar-refractivity contribution in [2.45, 2.75) is 42.7 Å². The largest absolute Gasteiger partial charge is 0.474 e. The number of nitrogens with two attached hydrogens (primary N) is 1. The Kier molecular flexibility index (Phi) is 6.07. The number of pyridine rings is 1. The molecule has 1 aliphatic heterocycles. The summed E-state index contributed by atoms with van der Waals surface area (Å²) in [5.41, 5.74) is 5.94. The molecular weight excluding hydrogens is 448 g/mol. The third kappa shape index (κ3) is 4.68. The van der Waals surface area contributed by atoms with Gasteiger partial charge < -0.3 is 10.5 Å². The first-order chi connectivity index (χ1) is 15.6. The van der Waals surface area contributed by atoms with Gasteiger partial charge in [0.25, 0.3) is 11.8 Å². The molecule has 10 nitrogen and oxygen atoms in total. The summed E-state index contributed by atoms with van der Waals surface area (Å²) in [7, 11) is -3.44. The molecule has 0 unspecified atom stereocenters. The fourth-order valence-corrected chi connectivity index (χ4v) is 4.87. The number of carbonyl (C=O) groups excluding carboxylic acids is 3. The highest BCUT2D eigenvalue weighted by atomic mass is 32.2. The van der Waals surface area contributed by atoms with Gasteiger partial charge in [-0.1, -0.05) is 6.07 Å². The number of hydrogen-bond acceptors (Lipinski definition) is 7. The Bertz CT molecular complexity index is 1210. The Morgan fingerprint density at radius 1 is 1.12 bits per heavy atom. The van der Waals surface area contributed by atoms with Crippen molar-refractivity contribution < 1.29 is 27.5 Å². The zero-order chi connectivity index (χ0) is 23.8. The first kappa shape index (κ1) is 22.7.